The van der Waals surface area contributed by atoms with Crippen LogP contribution in [0, 0.1) is 12.8 Å². The lowest BCUT2D eigenvalue weighted by Crippen LogP contribution is -2.30. The van der Waals surface area contributed by atoms with Crippen molar-refractivity contribution in [3.05, 3.63) is 28.3 Å². The van der Waals surface area contributed by atoms with Crippen LogP contribution in [-0.4, -0.2) is 32.3 Å². The number of hydrogen-bond donors (Lipinski definition) is 1. The minimum Gasteiger partial charge on any atom is -0.483 e. The molecule has 0 unspecified atom stereocenters. The predicted molar refractivity (Wildman–Crippen MR) is 96.9 cm³/mol. The Labute approximate surface area is 149 Å². The number of halogens is 1. The molecule has 24 heavy (non-hydrogen) atoms. The molecular formula is C19H28ClNO3. The molecule has 2 rings (SSSR count). The molecule has 1 saturated carbocycles. The summed E-state index contributed by atoms with van der Waals surface area (Å²) in [6.07, 6.45) is 3.43. The molecule has 134 valence electrons. The van der Waals surface area contributed by atoms with Crippen molar-refractivity contribution in [2.45, 2.75) is 46.0 Å². The molecule has 1 amide bonds. The third kappa shape index (κ3) is 6.33. The smallest absolute Gasteiger partial charge is 0.257 e. The Hall–Kier alpha value is -1.26. The quantitative estimate of drug-likeness (QED) is 0.644. The van der Waals surface area contributed by atoms with Gasteiger partial charge in [-0.05, 0) is 61.3 Å². The van der Waals surface area contributed by atoms with E-state index in [0.717, 1.165) is 40.8 Å². The van der Waals surface area contributed by atoms with E-state index in [1.165, 1.54) is 12.8 Å². The second-order valence-corrected chi connectivity index (χ2v) is 7.21. The lowest BCUT2D eigenvalue weighted by Gasteiger charge is -2.16. The second kappa shape index (κ2) is 9.28. The summed E-state index contributed by atoms with van der Waals surface area (Å²) < 4.78 is 11.3. The molecule has 0 saturated heterocycles. The van der Waals surface area contributed by atoms with Crippen LogP contribution in [0.25, 0.3) is 0 Å². The molecule has 1 N–H and O–H groups in total. The summed E-state index contributed by atoms with van der Waals surface area (Å²) in [6, 6.07) is 3.82. The summed E-state index contributed by atoms with van der Waals surface area (Å²) in [6.45, 7) is 8.29. The molecule has 0 heterocycles. The topological polar surface area (TPSA) is 47.6 Å². The molecule has 1 fully saturated rings. The Kier molecular flexibility index (Phi) is 7.38. The Morgan fingerprint density at radius 1 is 1.38 bits per heavy atom. The standard InChI is InChI=1S/C19H28ClNO3/c1-13(2)16-10-17(20)14(3)9-18(16)24-12-19(22)21-7-4-8-23-11-15-5-6-15/h9-10,13,15H,4-8,11-12H2,1-3H3,(H,21,22). The molecule has 0 radical (unpaired) electrons. The fourth-order valence-electron chi connectivity index (χ4n) is 2.38. The van der Waals surface area contributed by atoms with Crippen LogP contribution in [0.15, 0.2) is 12.1 Å². The molecular weight excluding hydrogens is 326 g/mol. The fraction of sp³-hybridized carbons (Fsp3) is 0.632. The van der Waals surface area contributed by atoms with Gasteiger partial charge in [-0.3, -0.25) is 4.79 Å². The number of hydrogen-bond acceptors (Lipinski definition) is 3. The van der Waals surface area contributed by atoms with E-state index in [1.54, 1.807) is 0 Å². The molecule has 0 bridgehead atoms. The monoisotopic (exact) mass is 353 g/mol. The third-order valence-corrected chi connectivity index (χ3v) is 4.52. The number of ether oxygens (including phenoxy) is 2. The van der Waals surface area contributed by atoms with Gasteiger partial charge < -0.3 is 14.8 Å². The van der Waals surface area contributed by atoms with Gasteiger partial charge in [0.05, 0.1) is 0 Å². The maximum atomic E-state index is 11.9. The highest BCUT2D eigenvalue weighted by Gasteiger charge is 2.20. The lowest BCUT2D eigenvalue weighted by molar-refractivity contribution is -0.123. The Bertz CT molecular complexity index is 556. The van der Waals surface area contributed by atoms with Gasteiger partial charge >= 0.3 is 0 Å². The van der Waals surface area contributed by atoms with Crippen LogP contribution in [-0.2, 0) is 9.53 Å². The molecule has 0 atom stereocenters. The maximum absolute atomic E-state index is 11.9. The molecule has 0 spiro atoms. The van der Waals surface area contributed by atoms with Gasteiger partial charge in [-0.2, -0.15) is 0 Å². The highest BCUT2D eigenvalue weighted by atomic mass is 35.5. The third-order valence-electron chi connectivity index (χ3n) is 4.11. The molecule has 0 aliphatic heterocycles. The van der Waals surface area contributed by atoms with Gasteiger partial charge in [0.15, 0.2) is 6.61 Å². The van der Waals surface area contributed by atoms with Gasteiger partial charge in [-0.15, -0.1) is 0 Å². The minimum atomic E-state index is -0.112. The van der Waals surface area contributed by atoms with Crippen molar-refractivity contribution >= 4 is 17.5 Å². The van der Waals surface area contributed by atoms with Gasteiger partial charge in [0.25, 0.3) is 5.91 Å². The first-order valence-corrected chi connectivity index (χ1v) is 9.12. The van der Waals surface area contributed by atoms with Crippen LogP contribution in [0.2, 0.25) is 5.02 Å². The Morgan fingerprint density at radius 2 is 2.12 bits per heavy atom. The number of rotatable bonds is 10. The highest BCUT2D eigenvalue weighted by molar-refractivity contribution is 6.31. The molecule has 5 heteroatoms. The number of benzene rings is 1. The van der Waals surface area contributed by atoms with Crippen LogP contribution in [0.1, 0.15) is 50.2 Å². The van der Waals surface area contributed by atoms with E-state index in [-0.39, 0.29) is 18.4 Å². The van der Waals surface area contributed by atoms with Gasteiger partial charge in [0.2, 0.25) is 0 Å². The van der Waals surface area contributed by atoms with Crippen LogP contribution in [0.4, 0.5) is 0 Å². The fourth-order valence-corrected chi connectivity index (χ4v) is 2.55. The van der Waals surface area contributed by atoms with Gasteiger partial charge in [-0.25, -0.2) is 0 Å². The highest BCUT2D eigenvalue weighted by Crippen LogP contribution is 2.32. The molecule has 0 aromatic heterocycles. The van der Waals surface area contributed by atoms with Crippen molar-refractivity contribution in [3.63, 3.8) is 0 Å². The summed E-state index contributed by atoms with van der Waals surface area (Å²) >= 11 is 6.18. The van der Waals surface area contributed by atoms with Crippen molar-refractivity contribution in [1.82, 2.24) is 5.32 Å². The lowest BCUT2D eigenvalue weighted by atomic mass is 10.0. The van der Waals surface area contributed by atoms with Gasteiger partial charge in [-0.1, -0.05) is 25.4 Å². The van der Waals surface area contributed by atoms with Gasteiger partial charge in [0, 0.05) is 24.8 Å². The maximum Gasteiger partial charge on any atom is 0.257 e. The zero-order chi connectivity index (χ0) is 17.5. The normalized spacial score (nSPS) is 14.0. The van der Waals surface area contributed by atoms with E-state index >= 15 is 0 Å². The summed E-state index contributed by atoms with van der Waals surface area (Å²) in [5.74, 6) is 1.69. The Balaban J connectivity index is 1.69. The van der Waals surface area contributed by atoms with Crippen molar-refractivity contribution in [2.24, 2.45) is 5.92 Å². The van der Waals surface area contributed by atoms with Crippen molar-refractivity contribution in [2.75, 3.05) is 26.4 Å². The van der Waals surface area contributed by atoms with Crippen LogP contribution >= 0.6 is 11.6 Å². The van der Waals surface area contributed by atoms with E-state index in [0.29, 0.717) is 13.2 Å². The summed E-state index contributed by atoms with van der Waals surface area (Å²) in [5, 5.41) is 3.59. The number of carbonyl (C=O) groups excluding carboxylic acids is 1. The summed E-state index contributed by atoms with van der Waals surface area (Å²) in [5.41, 5.74) is 1.97. The predicted octanol–water partition coefficient (Wildman–Crippen LogP) is 4.08. The van der Waals surface area contributed by atoms with Crippen molar-refractivity contribution in [1.29, 1.82) is 0 Å². The molecule has 1 aliphatic carbocycles. The zero-order valence-electron chi connectivity index (χ0n) is 14.9. The molecule has 1 aromatic carbocycles. The number of nitrogens with one attached hydrogen (secondary N) is 1. The second-order valence-electron chi connectivity index (χ2n) is 6.80. The zero-order valence-corrected chi connectivity index (χ0v) is 15.6. The average molecular weight is 354 g/mol. The first kappa shape index (κ1) is 19.1. The van der Waals surface area contributed by atoms with Gasteiger partial charge in [0.1, 0.15) is 5.75 Å². The molecule has 1 aliphatic rings. The number of carbonyl (C=O) groups is 1. The van der Waals surface area contributed by atoms with E-state index < -0.39 is 0 Å². The number of aryl methyl sites for hydroxylation is 1. The first-order chi connectivity index (χ1) is 11.5. The van der Waals surface area contributed by atoms with Crippen LogP contribution in [0.3, 0.4) is 0 Å². The largest absolute Gasteiger partial charge is 0.483 e. The van der Waals surface area contributed by atoms with Crippen LogP contribution < -0.4 is 10.1 Å². The number of amides is 1. The molecule has 4 nitrogen and oxygen atoms in total. The van der Waals surface area contributed by atoms with E-state index in [4.69, 9.17) is 21.1 Å². The summed E-state index contributed by atoms with van der Waals surface area (Å²) in [7, 11) is 0. The SMILES string of the molecule is Cc1cc(OCC(=O)NCCCOCC2CC2)c(C(C)C)cc1Cl. The van der Waals surface area contributed by atoms with E-state index in [9.17, 15) is 4.79 Å². The minimum absolute atomic E-state index is 0.0176. The first-order valence-electron chi connectivity index (χ1n) is 8.74. The molecule has 1 aromatic rings. The van der Waals surface area contributed by atoms with E-state index in [2.05, 4.69) is 19.2 Å². The summed E-state index contributed by atoms with van der Waals surface area (Å²) in [4.78, 5) is 11.9. The van der Waals surface area contributed by atoms with Crippen molar-refractivity contribution in [3.8, 4) is 5.75 Å². The average Bonchev–Trinajstić information content (AvgIpc) is 3.35. The van der Waals surface area contributed by atoms with Crippen LogP contribution in [0.5, 0.6) is 5.75 Å². The van der Waals surface area contributed by atoms with Crippen molar-refractivity contribution < 1.29 is 14.3 Å². The van der Waals surface area contributed by atoms with E-state index in [1.807, 2.05) is 19.1 Å². The Morgan fingerprint density at radius 3 is 2.79 bits per heavy atom.